The van der Waals surface area contributed by atoms with E-state index >= 15 is 0 Å². The van der Waals surface area contributed by atoms with E-state index in [1.54, 1.807) is 24.3 Å². The molecule has 0 radical (unpaired) electrons. The highest BCUT2D eigenvalue weighted by molar-refractivity contribution is 7.90. The molecule has 0 atom stereocenters. The molecule has 2 aromatic carbocycles. The van der Waals surface area contributed by atoms with Gasteiger partial charge in [-0.05, 0) is 28.8 Å². The molecule has 1 fully saturated rings. The third kappa shape index (κ3) is 7.41. The van der Waals surface area contributed by atoms with Crippen LogP contribution in [-0.4, -0.2) is 69.7 Å². The summed E-state index contributed by atoms with van der Waals surface area (Å²) in [4.78, 5) is 28.0. The van der Waals surface area contributed by atoms with Crippen molar-refractivity contribution in [2.75, 3.05) is 45.0 Å². The number of carbonyl (C=O) groups is 1. The average Bonchev–Trinajstić information content (AvgIpc) is 2.88. The van der Waals surface area contributed by atoms with E-state index in [1.807, 2.05) is 12.1 Å². The van der Waals surface area contributed by atoms with Crippen LogP contribution in [0.3, 0.4) is 0 Å². The zero-order valence-corrected chi connectivity index (χ0v) is 23.9. The number of piperazine rings is 1. The predicted molar refractivity (Wildman–Crippen MR) is 153 cm³/mol. The van der Waals surface area contributed by atoms with Crippen LogP contribution in [0.4, 0.5) is 10.5 Å². The number of hydrogen-bond acceptors (Lipinski definition) is 7. The van der Waals surface area contributed by atoms with Crippen molar-refractivity contribution >= 4 is 57.0 Å². The van der Waals surface area contributed by atoms with Gasteiger partial charge in [0, 0.05) is 70.7 Å². The van der Waals surface area contributed by atoms with Crippen LogP contribution in [0.5, 0.6) is 0 Å². The van der Waals surface area contributed by atoms with E-state index in [1.165, 1.54) is 14.1 Å². The topological polar surface area (TPSA) is 144 Å². The summed E-state index contributed by atoms with van der Waals surface area (Å²) < 4.78 is 34.3. The van der Waals surface area contributed by atoms with E-state index in [0.29, 0.717) is 28.8 Å². The maximum Gasteiger partial charge on any atom is 0.407 e. The molecule has 4 rings (SSSR count). The second-order valence-corrected chi connectivity index (χ2v) is 11.1. The van der Waals surface area contributed by atoms with Gasteiger partial charge in [0.25, 0.3) is 10.2 Å². The van der Waals surface area contributed by atoms with Gasteiger partial charge >= 0.3 is 11.7 Å². The minimum Gasteiger partial charge on any atom is -0.465 e. The number of hydrogen-bond donors (Lipinski definition) is 4. The van der Waals surface area contributed by atoms with E-state index in [2.05, 4.69) is 19.7 Å². The second-order valence-electron chi connectivity index (χ2n) is 9.11. The summed E-state index contributed by atoms with van der Waals surface area (Å²) >= 11 is 6.57. The Morgan fingerprint density at radius 2 is 1.92 bits per heavy atom. The summed E-state index contributed by atoms with van der Waals surface area (Å²) in [6.45, 7) is 3.95. The Balaban J connectivity index is 0.00000420. The van der Waals surface area contributed by atoms with Crippen molar-refractivity contribution in [1.82, 2.24) is 19.8 Å². The maximum atomic E-state index is 13.3. The summed E-state index contributed by atoms with van der Waals surface area (Å²) in [5.74, 6) is 0. The molecular weight excluding hydrogens is 569 g/mol. The molecule has 0 bridgehead atoms. The lowest BCUT2D eigenvalue weighted by Crippen LogP contribution is -2.43. The molecule has 0 saturated carbocycles. The first-order chi connectivity index (χ1) is 18.1. The van der Waals surface area contributed by atoms with E-state index in [4.69, 9.17) is 16.0 Å². The Morgan fingerprint density at radius 3 is 2.59 bits per heavy atom. The fourth-order valence-electron chi connectivity index (χ4n) is 4.42. The van der Waals surface area contributed by atoms with Crippen molar-refractivity contribution in [2.24, 2.45) is 0 Å². The van der Waals surface area contributed by atoms with Gasteiger partial charge in [0.2, 0.25) is 0 Å². The lowest BCUT2D eigenvalue weighted by atomic mass is 9.97. The molecule has 14 heteroatoms. The molecule has 0 spiro atoms. The molecule has 1 amide bonds. The number of rotatable bonds is 9. The first-order valence-electron chi connectivity index (χ1n) is 12.0. The van der Waals surface area contributed by atoms with E-state index < -0.39 is 21.9 Å². The fraction of sp³-hybridized carbons (Fsp3) is 0.360. The standard InChI is InChI=1S/C25H30ClN5O6S.ClH/c1-27-38(35,36)29-21-5-3-4-17(23(21)26)13-19-20(15-31-10-8-28-9-11-31)18-7-6-16(14-30(2)25(33)34)12-22(18)37-24(19)32;/h3-7,12,27-29H,8-11,13-15H2,1-2H3,(H,33,34);1H. The number of nitrogens with one attached hydrogen (secondary N) is 3. The highest BCUT2D eigenvalue weighted by atomic mass is 35.5. The largest absolute Gasteiger partial charge is 0.465 e. The molecule has 3 aromatic rings. The number of amides is 1. The molecule has 0 aliphatic carbocycles. The van der Waals surface area contributed by atoms with Crippen molar-refractivity contribution in [1.29, 1.82) is 0 Å². The first-order valence-corrected chi connectivity index (χ1v) is 13.9. The van der Waals surface area contributed by atoms with Crippen LogP contribution in [0.1, 0.15) is 22.3 Å². The average molecular weight is 601 g/mol. The summed E-state index contributed by atoms with van der Waals surface area (Å²) in [5.41, 5.74) is 2.54. The molecular formula is C25H31Cl2N5O6S. The molecule has 2 heterocycles. The minimum absolute atomic E-state index is 0. The van der Waals surface area contributed by atoms with Crippen molar-refractivity contribution < 1.29 is 22.7 Å². The lowest BCUT2D eigenvalue weighted by Gasteiger charge is -2.28. The van der Waals surface area contributed by atoms with Gasteiger partial charge in [-0.1, -0.05) is 35.9 Å². The van der Waals surface area contributed by atoms with Crippen LogP contribution in [0, 0.1) is 0 Å². The molecule has 1 aromatic heterocycles. The van der Waals surface area contributed by atoms with Gasteiger partial charge in [0.1, 0.15) is 5.58 Å². The molecule has 212 valence electrons. The van der Waals surface area contributed by atoms with Crippen LogP contribution in [-0.2, 0) is 29.7 Å². The third-order valence-corrected chi connectivity index (χ3v) is 7.95. The zero-order valence-electron chi connectivity index (χ0n) is 21.5. The smallest absolute Gasteiger partial charge is 0.407 e. The Hall–Kier alpha value is -2.87. The van der Waals surface area contributed by atoms with Crippen LogP contribution in [0.25, 0.3) is 11.0 Å². The summed E-state index contributed by atoms with van der Waals surface area (Å²) in [5, 5.41) is 13.5. The fourth-order valence-corrected chi connectivity index (χ4v) is 5.28. The van der Waals surface area contributed by atoms with Crippen LogP contribution in [0.15, 0.2) is 45.6 Å². The molecule has 11 nitrogen and oxygen atoms in total. The number of carboxylic acid groups (broad SMARTS) is 1. The number of anilines is 1. The Morgan fingerprint density at radius 1 is 1.21 bits per heavy atom. The summed E-state index contributed by atoms with van der Waals surface area (Å²) in [6, 6.07) is 10.3. The van der Waals surface area contributed by atoms with Crippen LogP contribution < -0.4 is 20.4 Å². The van der Waals surface area contributed by atoms with Gasteiger partial charge in [0.15, 0.2) is 0 Å². The van der Waals surface area contributed by atoms with E-state index in [-0.39, 0.29) is 36.1 Å². The van der Waals surface area contributed by atoms with Gasteiger partial charge in [-0.25, -0.2) is 14.3 Å². The van der Waals surface area contributed by atoms with Crippen molar-refractivity contribution in [3.05, 3.63) is 74.1 Å². The Kier molecular flexibility index (Phi) is 10.2. The lowest BCUT2D eigenvalue weighted by molar-refractivity contribution is 0.153. The highest BCUT2D eigenvalue weighted by Crippen LogP contribution is 2.31. The number of halogens is 2. The second kappa shape index (κ2) is 13.0. The minimum atomic E-state index is -3.78. The highest BCUT2D eigenvalue weighted by Gasteiger charge is 2.21. The van der Waals surface area contributed by atoms with Crippen molar-refractivity contribution in [3.63, 3.8) is 0 Å². The quantitative estimate of drug-likeness (QED) is 0.275. The molecule has 1 aliphatic rings. The number of benzene rings is 2. The molecule has 1 saturated heterocycles. The number of nitrogens with zero attached hydrogens (tertiary/aromatic N) is 2. The van der Waals surface area contributed by atoms with Gasteiger partial charge in [-0.2, -0.15) is 8.42 Å². The SMILES string of the molecule is CNS(=O)(=O)Nc1cccc(Cc2c(CN3CCNCC3)c3ccc(CN(C)C(=O)O)cc3oc2=O)c1Cl.Cl. The summed E-state index contributed by atoms with van der Waals surface area (Å²) in [7, 11) is -1.03. The van der Waals surface area contributed by atoms with Gasteiger partial charge in [-0.15, -0.1) is 12.4 Å². The number of fused-ring (bicyclic) bond motifs is 1. The molecule has 0 unspecified atom stereocenters. The van der Waals surface area contributed by atoms with Crippen molar-refractivity contribution in [2.45, 2.75) is 19.5 Å². The molecule has 1 aliphatic heterocycles. The molecule has 39 heavy (non-hydrogen) atoms. The predicted octanol–water partition coefficient (Wildman–Crippen LogP) is 2.85. The van der Waals surface area contributed by atoms with Crippen molar-refractivity contribution in [3.8, 4) is 0 Å². The zero-order chi connectivity index (χ0) is 27.4. The maximum absolute atomic E-state index is 13.3. The first kappa shape index (κ1) is 30.7. The van der Waals surface area contributed by atoms with Gasteiger partial charge in [-0.3, -0.25) is 9.62 Å². The normalized spacial score (nSPS) is 14.1. The van der Waals surface area contributed by atoms with E-state index in [0.717, 1.165) is 42.0 Å². The Labute approximate surface area is 237 Å². The summed E-state index contributed by atoms with van der Waals surface area (Å²) in [6.07, 6.45) is -0.922. The van der Waals surface area contributed by atoms with Gasteiger partial charge < -0.3 is 19.7 Å². The monoisotopic (exact) mass is 599 g/mol. The van der Waals surface area contributed by atoms with E-state index in [9.17, 15) is 23.1 Å². The van der Waals surface area contributed by atoms with Gasteiger partial charge in [0.05, 0.1) is 10.7 Å². The molecule has 4 N–H and O–H groups in total. The third-order valence-electron chi connectivity index (χ3n) is 6.48. The Bertz CT molecular complexity index is 1510. The van der Waals surface area contributed by atoms with Crippen LogP contribution in [0.2, 0.25) is 5.02 Å². The van der Waals surface area contributed by atoms with Crippen LogP contribution >= 0.6 is 24.0 Å².